The highest BCUT2D eigenvalue weighted by molar-refractivity contribution is 5.95. The second kappa shape index (κ2) is 5.67. The zero-order valence-electron chi connectivity index (χ0n) is 13.3. The van der Waals surface area contributed by atoms with Gasteiger partial charge in [-0.05, 0) is 42.5 Å². The number of nitrogens with one attached hydrogen (secondary N) is 1. The van der Waals surface area contributed by atoms with Gasteiger partial charge in [0.05, 0.1) is 7.11 Å². The molecule has 3 aromatic rings. The molecule has 0 saturated carbocycles. The van der Waals surface area contributed by atoms with Gasteiger partial charge in [0, 0.05) is 47.2 Å². The monoisotopic (exact) mass is 324 g/mol. The first-order chi connectivity index (χ1) is 11.7. The van der Waals surface area contributed by atoms with Crippen LogP contribution in [0.3, 0.4) is 0 Å². The maximum atomic E-state index is 13.4. The number of hydrogen-bond acceptors (Lipinski definition) is 2. The van der Waals surface area contributed by atoms with Crippen LogP contribution < -0.4 is 4.74 Å². The highest BCUT2D eigenvalue weighted by Crippen LogP contribution is 2.29. The minimum Gasteiger partial charge on any atom is -0.497 e. The van der Waals surface area contributed by atoms with Crippen LogP contribution >= 0.6 is 0 Å². The Morgan fingerprint density at radius 3 is 2.75 bits per heavy atom. The van der Waals surface area contributed by atoms with E-state index in [2.05, 4.69) is 4.98 Å². The second-order valence-electron chi connectivity index (χ2n) is 5.98. The number of methoxy groups -OCH3 is 1. The molecule has 24 heavy (non-hydrogen) atoms. The van der Waals surface area contributed by atoms with Gasteiger partial charge in [-0.15, -0.1) is 0 Å². The van der Waals surface area contributed by atoms with Crippen molar-refractivity contribution < 1.29 is 13.9 Å². The second-order valence-corrected chi connectivity index (χ2v) is 5.98. The van der Waals surface area contributed by atoms with E-state index in [4.69, 9.17) is 4.74 Å². The maximum Gasteiger partial charge on any atom is 0.254 e. The van der Waals surface area contributed by atoms with Crippen molar-refractivity contribution in [3.05, 3.63) is 65.1 Å². The van der Waals surface area contributed by atoms with Gasteiger partial charge in [-0.2, -0.15) is 0 Å². The number of benzene rings is 2. The molecule has 0 atom stereocenters. The Morgan fingerprint density at radius 1 is 1.21 bits per heavy atom. The molecule has 0 fully saturated rings. The van der Waals surface area contributed by atoms with Crippen molar-refractivity contribution in [1.29, 1.82) is 0 Å². The Kier molecular flexibility index (Phi) is 3.49. The molecular weight excluding hydrogens is 307 g/mol. The number of halogens is 1. The summed E-state index contributed by atoms with van der Waals surface area (Å²) < 4.78 is 18.5. The Morgan fingerprint density at radius 2 is 2.00 bits per heavy atom. The number of amides is 1. The first-order valence-corrected chi connectivity index (χ1v) is 7.88. The lowest BCUT2D eigenvalue weighted by Gasteiger charge is -2.27. The van der Waals surface area contributed by atoms with Crippen molar-refractivity contribution >= 4 is 16.8 Å². The third-order valence-electron chi connectivity index (χ3n) is 4.56. The molecule has 0 unspecified atom stereocenters. The molecule has 0 spiro atoms. The predicted octanol–water partition coefficient (Wildman–Crippen LogP) is 3.51. The largest absolute Gasteiger partial charge is 0.497 e. The van der Waals surface area contributed by atoms with E-state index in [1.807, 2.05) is 4.90 Å². The van der Waals surface area contributed by atoms with E-state index >= 15 is 0 Å². The van der Waals surface area contributed by atoms with Crippen LogP contribution in [0.15, 0.2) is 42.5 Å². The molecule has 1 amide bonds. The third-order valence-corrected chi connectivity index (χ3v) is 4.56. The molecule has 1 aliphatic heterocycles. The number of carbonyl (C=O) groups is 1. The van der Waals surface area contributed by atoms with E-state index in [0.717, 1.165) is 34.3 Å². The van der Waals surface area contributed by atoms with Crippen molar-refractivity contribution in [3.8, 4) is 5.75 Å². The van der Waals surface area contributed by atoms with Gasteiger partial charge in [-0.25, -0.2) is 4.39 Å². The van der Waals surface area contributed by atoms with Crippen molar-refractivity contribution in [2.75, 3.05) is 13.7 Å². The molecule has 2 aromatic carbocycles. The molecule has 0 bridgehead atoms. The summed E-state index contributed by atoms with van der Waals surface area (Å²) in [6, 6.07) is 11.9. The Labute approximate surface area is 138 Å². The zero-order chi connectivity index (χ0) is 16.7. The number of hydrogen-bond donors (Lipinski definition) is 1. The number of nitrogens with zero attached hydrogens (tertiary/aromatic N) is 1. The fourth-order valence-electron chi connectivity index (χ4n) is 3.28. The summed E-state index contributed by atoms with van der Waals surface area (Å²) in [5, 5.41) is 0.985. The summed E-state index contributed by atoms with van der Waals surface area (Å²) in [7, 11) is 1.60. The van der Waals surface area contributed by atoms with Crippen molar-refractivity contribution in [3.63, 3.8) is 0 Å². The summed E-state index contributed by atoms with van der Waals surface area (Å²) in [6.07, 6.45) is 0.744. The van der Waals surface area contributed by atoms with Crippen LogP contribution in [0.25, 0.3) is 10.9 Å². The van der Waals surface area contributed by atoms with Crippen molar-refractivity contribution in [1.82, 2.24) is 9.88 Å². The molecule has 122 valence electrons. The fraction of sp³-hybridized carbons (Fsp3) is 0.211. The summed E-state index contributed by atoms with van der Waals surface area (Å²) in [6.45, 7) is 1.18. The molecule has 0 aliphatic carbocycles. The number of ether oxygens (including phenoxy) is 1. The molecule has 1 aromatic heterocycles. The fourth-order valence-corrected chi connectivity index (χ4v) is 3.28. The average molecular weight is 324 g/mol. The Bertz CT molecular complexity index is 915. The molecule has 1 N–H and O–H groups in total. The molecule has 5 heteroatoms. The van der Waals surface area contributed by atoms with Gasteiger partial charge in [-0.3, -0.25) is 4.79 Å². The molecule has 4 nitrogen and oxygen atoms in total. The minimum absolute atomic E-state index is 0.000218. The molecular formula is C19H17FN2O2. The van der Waals surface area contributed by atoms with Crippen LogP contribution in [0.1, 0.15) is 21.6 Å². The summed E-state index contributed by atoms with van der Waals surface area (Å²) >= 11 is 0. The predicted molar refractivity (Wildman–Crippen MR) is 89.7 cm³/mol. The lowest BCUT2D eigenvalue weighted by Crippen LogP contribution is -2.35. The van der Waals surface area contributed by atoms with Crippen LogP contribution in [-0.4, -0.2) is 29.4 Å². The van der Waals surface area contributed by atoms with Crippen LogP contribution in [0.4, 0.5) is 4.39 Å². The van der Waals surface area contributed by atoms with Gasteiger partial charge in [-0.1, -0.05) is 0 Å². The van der Waals surface area contributed by atoms with E-state index in [0.29, 0.717) is 18.7 Å². The van der Waals surface area contributed by atoms with Gasteiger partial charge in [0.2, 0.25) is 0 Å². The number of fused-ring (bicyclic) bond motifs is 3. The standard InChI is InChI=1S/C19H17FN2O2/c1-24-14-5-2-12(3-6-14)19(23)22-9-8-17-16(11-22)15-7-4-13(20)10-18(15)21-17/h2-7,10,21H,8-9,11H2,1H3. The molecule has 0 radical (unpaired) electrons. The van der Waals surface area contributed by atoms with Gasteiger partial charge in [0.25, 0.3) is 5.91 Å². The summed E-state index contributed by atoms with van der Waals surface area (Å²) in [5.74, 6) is 0.471. The third kappa shape index (κ3) is 2.42. The van der Waals surface area contributed by atoms with E-state index < -0.39 is 0 Å². The molecule has 2 heterocycles. The van der Waals surface area contributed by atoms with Crippen LogP contribution in [0.2, 0.25) is 0 Å². The number of aromatic amines is 1. The van der Waals surface area contributed by atoms with Crippen LogP contribution in [0.5, 0.6) is 5.75 Å². The quantitative estimate of drug-likeness (QED) is 0.784. The SMILES string of the molecule is COc1ccc(C(=O)N2CCc3[nH]c4cc(F)ccc4c3C2)cc1. The molecule has 1 aliphatic rings. The smallest absolute Gasteiger partial charge is 0.254 e. The van der Waals surface area contributed by atoms with E-state index in [-0.39, 0.29) is 11.7 Å². The van der Waals surface area contributed by atoms with Crippen LogP contribution in [-0.2, 0) is 13.0 Å². The summed E-state index contributed by atoms with van der Waals surface area (Å²) in [5.41, 5.74) is 3.61. The van der Waals surface area contributed by atoms with Crippen molar-refractivity contribution in [2.45, 2.75) is 13.0 Å². The number of H-pyrrole nitrogens is 1. The number of rotatable bonds is 2. The number of carbonyl (C=O) groups excluding carboxylic acids is 1. The molecule has 0 saturated heterocycles. The van der Waals surface area contributed by atoms with E-state index in [9.17, 15) is 9.18 Å². The first-order valence-electron chi connectivity index (χ1n) is 7.88. The summed E-state index contributed by atoms with van der Waals surface area (Å²) in [4.78, 5) is 17.8. The highest BCUT2D eigenvalue weighted by Gasteiger charge is 2.24. The maximum absolute atomic E-state index is 13.4. The highest BCUT2D eigenvalue weighted by atomic mass is 19.1. The van der Waals surface area contributed by atoms with E-state index in [1.54, 1.807) is 37.4 Å². The van der Waals surface area contributed by atoms with Crippen molar-refractivity contribution in [2.24, 2.45) is 0 Å². The van der Waals surface area contributed by atoms with Gasteiger partial charge in [0.1, 0.15) is 11.6 Å². The first kappa shape index (κ1) is 14.8. The Hall–Kier alpha value is -2.82. The minimum atomic E-state index is -0.257. The van der Waals surface area contributed by atoms with Crippen LogP contribution in [0, 0.1) is 5.82 Å². The zero-order valence-corrected chi connectivity index (χ0v) is 13.3. The lowest BCUT2D eigenvalue weighted by atomic mass is 10.0. The molecule has 4 rings (SSSR count). The Balaban J connectivity index is 1.63. The van der Waals surface area contributed by atoms with Gasteiger partial charge >= 0.3 is 0 Å². The topological polar surface area (TPSA) is 45.3 Å². The normalized spacial score (nSPS) is 13.8. The van der Waals surface area contributed by atoms with Gasteiger partial charge < -0.3 is 14.6 Å². The van der Waals surface area contributed by atoms with E-state index in [1.165, 1.54) is 12.1 Å². The lowest BCUT2D eigenvalue weighted by molar-refractivity contribution is 0.0735. The average Bonchev–Trinajstić information content (AvgIpc) is 2.97. The number of aromatic nitrogens is 1. The van der Waals surface area contributed by atoms with Gasteiger partial charge in [0.15, 0.2) is 0 Å².